The Morgan fingerprint density at radius 1 is 1.14 bits per heavy atom. The standard InChI is InChI=1S/C3H8S.3FH/c1-2-3-4;;;/h4H,2-3H2,1H3;3*1H. The van der Waals surface area contributed by atoms with E-state index in [2.05, 4.69) is 19.6 Å². The van der Waals surface area contributed by atoms with Gasteiger partial charge in [-0.3, -0.25) is 14.1 Å². The smallest absolute Gasteiger partial charge is 0.0101 e. The molecule has 0 radical (unpaired) electrons. The third-order valence-electron chi connectivity index (χ3n) is 0.224. The molecule has 0 fully saturated rings. The molecule has 0 spiro atoms. The van der Waals surface area contributed by atoms with Crippen molar-refractivity contribution in [1.82, 2.24) is 0 Å². The lowest BCUT2D eigenvalue weighted by Crippen LogP contribution is -1.56. The molecule has 0 nitrogen and oxygen atoms in total. The normalized spacial score (nSPS) is 4.29. The summed E-state index contributed by atoms with van der Waals surface area (Å²) in [7, 11) is 0. The van der Waals surface area contributed by atoms with Gasteiger partial charge in [0.25, 0.3) is 0 Å². The lowest BCUT2D eigenvalue weighted by atomic mass is 10.6. The molecule has 0 aromatic heterocycles. The fourth-order valence-corrected chi connectivity index (χ4v) is 0. The summed E-state index contributed by atoms with van der Waals surface area (Å²) in [5, 5.41) is 0. The van der Waals surface area contributed by atoms with E-state index in [0.29, 0.717) is 0 Å². The highest BCUT2D eigenvalue weighted by Crippen LogP contribution is 1.74. The quantitative estimate of drug-likeness (QED) is 0.522. The van der Waals surface area contributed by atoms with Gasteiger partial charge in [0, 0.05) is 0 Å². The molecule has 0 N–H and O–H groups in total. The zero-order valence-corrected chi connectivity index (χ0v) is 4.98. The zero-order valence-electron chi connectivity index (χ0n) is 4.09. The van der Waals surface area contributed by atoms with Crippen molar-refractivity contribution in [1.29, 1.82) is 0 Å². The number of halogens is 3. The Morgan fingerprint density at radius 2 is 1.29 bits per heavy atom. The molecular formula is C3H11F3S. The summed E-state index contributed by atoms with van der Waals surface area (Å²) >= 11 is 3.92. The van der Waals surface area contributed by atoms with E-state index >= 15 is 0 Å². The minimum atomic E-state index is 0. The third kappa shape index (κ3) is 81.0. The Balaban J connectivity index is -0.0000000150. The van der Waals surface area contributed by atoms with E-state index < -0.39 is 0 Å². The molecule has 0 aromatic carbocycles. The van der Waals surface area contributed by atoms with Crippen LogP contribution in [0.2, 0.25) is 0 Å². The van der Waals surface area contributed by atoms with Gasteiger partial charge < -0.3 is 0 Å². The molecule has 7 heavy (non-hydrogen) atoms. The third-order valence-corrected chi connectivity index (χ3v) is 0.671. The van der Waals surface area contributed by atoms with Crippen LogP contribution >= 0.6 is 12.6 Å². The van der Waals surface area contributed by atoms with Crippen LogP contribution in [0.1, 0.15) is 13.3 Å². The van der Waals surface area contributed by atoms with Gasteiger partial charge in [-0.15, -0.1) is 0 Å². The second-order valence-electron chi connectivity index (χ2n) is 0.724. The van der Waals surface area contributed by atoms with Crippen LogP contribution in [0.15, 0.2) is 0 Å². The maximum Gasteiger partial charge on any atom is -0.0101 e. The van der Waals surface area contributed by atoms with E-state index in [-0.39, 0.29) is 14.1 Å². The highest BCUT2D eigenvalue weighted by atomic mass is 32.1. The number of thiol groups is 1. The van der Waals surface area contributed by atoms with Crippen LogP contribution in [0.3, 0.4) is 0 Å². The van der Waals surface area contributed by atoms with E-state index in [0.717, 1.165) is 5.75 Å². The van der Waals surface area contributed by atoms with E-state index in [9.17, 15) is 0 Å². The van der Waals surface area contributed by atoms with Gasteiger partial charge >= 0.3 is 0 Å². The molecule has 0 aliphatic carbocycles. The number of hydrogen-bond acceptors (Lipinski definition) is 1. The maximum atomic E-state index is 3.92. The molecule has 4 heteroatoms. The van der Waals surface area contributed by atoms with Gasteiger partial charge in [0.2, 0.25) is 0 Å². The molecule has 0 aliphatic heterocycles. The average molecular weight is 136 g/mol. The lowest BCUT2D eigenvalue weighted by molar-refractivity contribution is 1.11. The van der Waals surface area contributed by atoms with Gasteiger partial charge in [0.1, 0.15) is 0 Å². The van der Waals surface area contributed by atoms with E-state index in [1.807, 2.05) is 0 Å². The van der Waals surface area contributed by atoms with Crippen LogP contribution < -0.4 is 0 Å². The Bertz CT molecular complexity index is 12.1. The van der Waals surface area contributed by atoms with E-state index in [1.165, 1.54) is 6.42 Å². The van der Waals surface area contributed by atoms with Crippen LogP contribution in [0, 0.1) is 0 Å². The molecule has 0 saturated heterocycles. The average Bonchev–Trinajstić information content (AvgIpc) is 1.37. The molecule has 0 bridgehead atoms. The van der Waals surface area contributed by atoms with Crippen molar-refractivity contribution < 1.29 is 14.1 Å². The predicted molar refractivity (Wildman–Crippen MR) is 31.7 cm³/mol. The molecule has 0 heterocycles. The number of rotatable bonds is 1. The SMILES string of the molecule is CCCS.F.F.F. The Labute approximate surface area is 46.8 Å². The fourth-order valence-electron chi connectivity index (χ4n) is 0. The van der Waals surface area contributed by atoms with Crippen LogP contribution in [-0.4, -0.2) is 5.75 Å². The topological polar surface area (TPSA) is 0 Å². The first-order valence-electron chi connectivity index (χ1n) is 1.52. The van der Waals surface area contributed by atoms with Crippen LogP contribution in [0.4, 0.5) is 14.1 Å². The Hall–Kier alpha value is 0.140. The molecule has 0 atom stereocenters. The molecule has 0 rings (SSSR count). The van der Waals surface area contributed by atoms with Gasteiger partial charge in [0.05, 0.1) is 0 Å². The van der Waals surface area contributed by atoms with Crippen molar-refractivity contribution in [3.05, 3.63) is 0 Å². The van der Waals surface area contributed by atoms with Crippen molar-refractivity contribution in [2.24, 2.45) is 0 Å². The Morgan fingerprint density at radius 3 is 1.29 bits per heavy atom. The van der Waals surface area contributed by atoms with Gasteiger partial charge in [-0.1, -0.05) is 6.92 Å². The zero-order chi connectivity index (χ0) is 3.41. The molecule has 0 saturated carbocycles. The van der Waals surface area contributed by atoms with Crippen molar-refractivity contribution >= 4 is 12.6 Å². The molecule has 0 aromatic rings. The Kier molecular flexibility index (Phi) is 138. The molecule has 0 aliphatic rings. The monoisotopic (exact) mass is 136 g/mol. The van der Waals surface area contributed by atoms with E-state index in [1.54, 1.807) is 0 Å². The van der Waals surface area contributed by atoms with Gasteiger partial charge in [-0.2, -0.15) is 12.6 Å². The highest BCUT2D eigenvalue weighted by molar-refractivity contribution is 7.80. The predicted octanol–water partition coefficient (Wildman–Crippen LogP) is 1.78. The largest absolute Gasteiger partial charge is 0.269 e. The minimum Gasteiger partial charge on any atom is -0.269 e. The van der Waals surface area contributed by atoms with Crippen molar-refractivity contribution in [3.8, 4) is 0 Å². The summed E-state index contributed by atoms with van der Waals surface area (Å²) in [5.41, 5.74) is 0. The number of hydrogen-bond donors (Lipinski definition) is 1. The summed E-state index contributed by atoms with van der Waals surface area (Å²) in [5.74, 6) is 1.01. The van der Waals surface area contributed by atoms with Crippen LogP contribution in [0.25, 0.3) is 0 Å². The van der Waals surface area contributed by atoms with Crippen LogP contribution in [-0.2, 0) is 0 Å². The van der Waals surface area contributed by atoms with Gasteiger partial charge in [-0.05, 0) is 12.2 Å². The van der Waals surface area contributed by atoms with Gasteiger partial charge in [-0.25, -0.2) is 0 Å². The summed E-state index contributed by atoms with van der Waals surface area (Å²) < 4.78 is 0. The molecule has 0 unspecified atom stereocenters. The highest BCUT2D eigenvalue weighted by Gasteiger charge is 1.57. The maximum absolute atomic E-state index is 3.92. The molecule has 0 amide bonds. The first kappa shape index (κ1) is 27.3. The summed E-state index contributed by atoms with van der Waals surface area (Å²) in [6.07, 6.45) is 1.18. The lowest BCUT2D eigenvalue weighted by Gasteiger charge is -1.67. The summed E-state index contributed by atoms with van der Waals surface area (Å²) in [6, 6.07) is 0. The minimum absolute atomic E-state index is 0. The molecule has 50 valence electrons. The van der Waals surface area contributed by atoms with Gasteiger partial charge in [0.15, 0.2) is 0 Å². The summed E-state index contributed by atoms with van der Waals surface area (Å²) in [6.45, 7) is 2.10. The van der Waals surface area contributed by atoms with E-state index in [4.69, 9.17) is 0 Å². The molecular weight excluding hydrogens is 125 g/mol. The fraction of sp³-hybridized carbons (Fsp3) is 1.00. The van der Waals surface area contributed by atoms with Crippen LogP contribution in [0.5, 0.6) is 0 Å². The first-order valence-corrected chi connectivity index (χ1v) is 2.16. The summed E-state index contributed by atoms with van der Waals surface area (Å²) in [4.78, 5) is 0. The second-order valence-corrected chi connectivity index (χ2v) is 1.17. The first-order chi connectivity index (χ1) is 1.91. The second kappa shape index (κ2) is 35.4. The van der Waals surface area contributed by atoms with Crippen molar-refractivity contribution in [2.45, 2.75) is 13.3 Å². The van der Waals surface area contributed by atoms with Crippen molar-refractivity contribution in [2.75, 3.05) is 5.75 Å². The van der Waals surface area contributed by atoms with Crippen molar-refractivity contribution in [3.63, 3.8) is 0 Å².